The molecule has 0 fully saturated rings. The van der Waals surface area contributed by atoms with Crippen LogP contribution in [0, 0.1) is 0 Å². The van der Waals surface area contributed by atoms with Crippen molar-refractivity contribution in [2.45, 2.75) is 49.9 Å². The van der Waals surface area contributed by atoms with Crippen LogP contribution in [0.2, 0.25) is 18.1 Å². The van der Waals surface area contributed by atoms with E-state index >= 15 is 0 Å². The average Bonchev–Trinajstić information content (AvgIpc) is 2.19. The highest BCUT2D eigenvalue weighted by Crippen LogP contribution is 2.21. The Balaban J connectivity index is 0. The van der Waals surface area contributed by atoms with Crippen molar-refractivity contribution >= 4 is 37.8 Å². The second-order valence-corrected chi connectivity index (χ2v) is 8.53. The molecule has 0 atom stereocenters. The quantitative estimate of drug-likeness (QED) is 0.561. The number of alkyl halides is 5. The van der Waals surface area contributed by atoms with Crippen molar-refractivity contribution in [1.82, 2.24) is 0 Å². The number of carbonyl (C=O) groups excluding carboxylic acids is 1. The molecule has 0 rings (SSSR count). The second kappa shape index (κ2) is 9.30. The number of rotatable bonds is 4. The Morgan fingerprint density at radius 2 is 1.44 bits per heavy atom. The van der Waals surface area contributed by atoms with Crippen LogP contribution >= 0.6 is 23.2 Å². The first-order valence-electron chi connectivity index (χ1n) is 5.09. The topological polar surface area (TPSA) is 17.1 Å². The predicted octanol–water partition coefficient (Wildman–Crippen LogP) is 4.19. The Morgan fingerprint density at radius 1 is 1.12 bits per heavy atom. The van der Waals surface area contributed by atoms with E-state index in [2.05, 4.69) is 44.0 Å². The molecule has 0 heterocycles. The number of carbonyl (C=O) groups is 1. The minimum absolute atomic E-state index is 0.171. The lowest BCUT2D eigenvalue weighted by molar-refractivity contribution is -0.169. The third-order valence-corrected chi connectivity index (χ3v) is 6.07. The molecular weight excluding hydrogens is 280 g/mol. The lowest BCUT2D eigenvalue weighted by Gasteiger charge is -2.03. The fourth-order valence-electron chi connectivity index (χ4n) is 0.990. The van der Waals surface area contributed by atoms with Crippen LogP contribution in [0.25, 0.3) is 0 Å². The van der Waals surface area contributed by atoms with E-state index in [0.717, 1.165) is 0 Å². The molecule has 0 aliphatic heterocycles. The molecule has 0 spiro atoms. The number of Topliss-reactive ketones (excluding diaryl/α,β-unsaturated/α-hetero) is 1. The molecule has 0 aliphatic carbocycles. The van der Waals surface area contributed by atoms with Crippen molar-refractivity contribution in [2.24, 2.45) is 0 Å². The number of hydrogen-bond donors (Lipinski definition) is 0. The van der Waals surface area contributed by atoms with Gasteiger partial charge < -0.3 is 0 Å². The van der Waals surface area contributed by atoms with E-state index in [1.54, 1.807) is 0 Å². The summed E-state index contributed by atoms with van der Waals surface area (Å²) in [5, 5.41) is 0. The first-order chi connectivity index (χ1) is 7.20. The van der Waals surface area contributed by atoms with Gasteiger partial charge in [-0.3, -0.25) is 4.79 Å². The van der Waals surface area contributed by atoms with E-state index in [-0.39, 0.29) is 8.80 Å². The van der Waals surface area contributed by atoms with E-state index < -0.39 is 16.8 Å². The van der Waals surface area contributed by atoms with Gasteiger partial charge in [-0.1, -0.05) is 62.1 Å². The molecule has 0 aromatic heterocycles. The maximum Gasteiger partial charge on any atom is 0.452 e. The Kier molecular flexibility index (Phi) is 10.8. The van der Waals surface area contributed by atoms with Crippen LogP contribution < -0.4 is 0 Å². The maximum absolute atomic E-state index is 11.2. The third-order valence-electron chi connectivity index (χ3n) is 2.21. The van der Waals surface area contributed by atoms with Gasteiger partial charge >= 0.3 is 6.18 Å². The minimum atomic E-state index is -4.92. The molecule has 98 valence electrons. The molecule has 0 aromatic rings. The van der Waals surface area contributed by atoms with Crippen LogP contribution in [-0.2, 0) is 4.79 Å². The van der Waals surface area contributed by atoms with Crippen LogP contribution in [0.3, 0.4) is 0 Å². The van der Waals surface area contributed by atoms with Crippen LogP contribution in [0.4, 0.5) is 13.2 Å². The first kappa shape index (κ1) is 18.6. The minimum Gasteiger partial charge on any atom is -0.286 e. The zero-order chi connectivity index (χ0) is 13.4. The van der Waals surface area contributed by atoms with Gasteiger partial charge in [-0.2, -0.15) is 13.2 Å². The third kappa shape index (κ3) is 9.48. The second-order valence-electron chi connectivity index (χ2n) is 3.25. The summed E-state index contributed by atoms with van der Waals surface area (Å²) in [7, 11) is -0.171. The van der Waals surface area contributed by atoms with Gasteiger partial charge in [0, 0.05) is 8.80 Å². The molecule has 0 saturated carbocycles. The largest absolute Gasteiger partial charge is 0.452 e. The number of ketones is 1. The van der Waals surface area contributed by atoms with E-state index in [1.165, 1.54) is 18.1 Å². The molecule has 1 nitrogen and oxygen atoms in total. The highest BCUT2D eigenvalue weighted by molar-refractivity contribution is 6.58. The Bertz CT molecular complexity index is 188. The van der Waals surface area contributed by atoms with Gasteiger partial charge in [0.25, 0.3) is 5.78 Å². The van der Waals surface area contributed by atoms with E-state index in [9.17, 15) is 18.0 Å². The monoisotopic (exact) mass is 296 g/mol. The molecule has 0 aromatic carbocycles. The Hall–Kier alpha value is 0.257. The van der Waals surface area contributed by atoms with Crippen molar-refractivity contribution in [3.63, 3.8) is 0 Å². The highest BCUT2D eigenvalue weighted by atomic mass is 35.5. The average molecular weight is 297 g/mol. The Morgan fingerprint density at radius 3 is 1.44 bits per heavy atom. The zero-order valence-corrected chi connectivity index (χ0v) is 12.2. The van der Waals surface area contributed by atoms with Gasteiger partial charge in [0.15, 0.2) is 4.84 Å². The van der Waals surface area contributed by atoms with Gasteiger partial charge in [-0.15, -0.1) is 0 Å². The van der Waals surface area contributed by atoms with E-state index in [0.29, 0.717) is 0 Å². The molecule has 0 N–H and O–H groups in total. The van der Waals surface area contributed by atoms with Crippen LogP contribution in [0.1, 0.15) is 20.8 Å². The van der Waals surface area contributed by atoms with Gasteiger partial charge in [-0.05, 0) is 0 Å². The van der Waals surface area contributed by atoms with Crippen molar-refractivity contribution in [3.05, 3.63) is 0 Å². The van der Waals surface area contributed by atoms with Crippen molar-refractivity contribution < 1.29 is 18.0 Å². The lowest BCUT2D eigenvalue weighted by atomic mass is 10.4. The number of halogens is 5. The molecule has 0 amide bonds. The molecule has 0 bridgehead atoms. The van der Waals surface area contributed by atoms with Crippen molar-refractivity contribution in [3.8, 4) is 0 Å². The molecule has 0 saturated heterocycles. The van der Waals surface area contributed by atoms with Gasteiger partial charge in [-0.25, -0.2) is 0 Å². The fraction of sp³-hybridized carbons (Fsp3) is 0.889. The SMILES string of the molecule is CC[SiH](CC)CC.O=C(C(Cl)Cl)C(F)(F)F. The standard InChI is InChI=1S/C6H16Si.C3HCl2F3O/c1-4-7(5-2)6-3;4-2(5)1(9)3(6,7)8/h7H,4-6H2,1-3H3;2H. The highest BCUT2D eigenvalue weighted by Gasteiger charge is 2.41. The zero-order valence-electron chi connectivity index (χ0n) is 9.57. The summed E-state index contributed by atoms with van der Waals surface area (Å²) in [6.07, 6.45) is -4.92. The molecule has 0 radical (unpaired) electrons. The predicted molar refractivity (Wildman–Crippen MR) is 65.1 cm³/mol. The normalized spacial score (nSPS) is 11.4. The molecule has 7 heteroatoms. The molecule has 0 aliphatic rings. The van der Waals surface area contributed by atoms with Crippen molar-refractivity contribution in [2.75, 3.05) is 0 Å². The summed E-state index contributed by atoms with van der Waals surface area (Å²) in [4.78, 5) is 7.77. The fourth-order valence-corrected chi connectivity index (χ4v) is 2.97. The first-order valence-corrected chi connectivity index (χ1v) is 8.41. The van der Waals surface area contributed by atoms with Gasteiger partial charge in [0.05, 0.1) is 0 Å². The number of hydrogen-bond acceptors (Lipinski definition) is 1. The van der Waals surface area contributed by atoms with Crippen molar-refractivity contribution in [1.29, 1.82) is 0 Å². The maximum atomic E-state index is 11.2. The summed E-state index contributed by atoms with van der Waals surface area (Å²) in [5.74, 6) is -2.13. The van der Waals surface area contributed by atoms with E-state index in [1.807, 2.05) is 0 Å². The van der Waals surface area contributed by atoms with Gasteiger partial charge in [0.1, 0.15) is 0 Å². The smallest absolute Gasteiger partial charge is 0.286 e. The van der Waals surface area contributed by atoms with Gasteiger partial charge in [0.2, 0.25) is 0 Å². The van der Waals surface area contributed by atoms with Crippen LogP contribution in [0.5, 0.6) is 0 Å². The molecular formula is C9H17Cl2F3OSi. The van der Waals surface area contributed by atoms with Crippen LogP contribution in [-0.4, -0.2) is 25.6 Å². The summed E-state index contributed by atoms with van der Waals surface area (Å²) < 4.78 is 33.5. The molecule has 16 heavy (non-hydrogen) atoms. The van der Waals surface area contributed by atoms with Crippen LogP contribution in [0.15, 0.2) is 0 Å². The summed E-state index contributed by atoms with van der Waals surface area (Å²) >= 11 is 9.22. The van der Waals surface area contributed by atoms with E-state index in [4.69, 9.17) is 0 Å². The Labute approximate surface area is 106 Å². The summed E-state index contributed by atoms with van der Waals surface area (Å²) in [5.41, 5.74) is 0. The summed E-state index contributed by atoms with van der Waals surface area (Å²) in [6, 6.07) is 4.48. The molecule has 0 unspecified atom stereocenters. The lowest BCUT2D eigenvalue weighted by Crippen LogP contribution is -2.27. The summed E-state index contributed by atoms with van der Waals surface area (Å²) in [6.45, 7) is 6.97.